The highest BCUT2D eigenvalue weighted by Gasteiger charge is 2.19. The molecule has 72 valence electrons. The van der Waals surface area contributed by atoms with Crippen LogP contribution in [0.4, 0.5) is 0 Å². The summed E-state index contributed by atoms with van der Waals surface area (Å²) in [6, 6.07) is 1.16. The summed E-state index contributed by atoms with van der Waals surface area (Å²) in [5, 5.41) is 14.7. The normalized spacial score (nSPS) is 19.1. The minimum absolute atomic E-state index is 0. The molecule has 5 nitrogen and oxygen atoms in total. The van der Waals surface area contributed by atoms with Gasteiger partial charge in [0.15, 0.2) is 11.8 Å². The summed E-state index contributed by atoms with van der Waals surface area (Å²) in [5.41, 5.74) is 0.716. The van der Waals surface area contributed by atoms with E-state index in [0.29, 0.717) is 5.56 Å². The van der Waals surface area contributed by atoms with Gasteiger partial charge in [-0.25, -0.2) is 0 Å². The number of ketones is 1. The molecule has 0 spiro atoms. The molecular weight excluding hydrogens is 204 g/mol. The van der Waals surface area contributed by atoms with E-state index in [0.717, 1.165) is 0 Å². The average molecular weight is 211 g/mol. The van der Waals surface area contributed by atoms with Crippen molar-refractivity contribution in [2.45, 2.75) is 6.04 Å². The molecule has 1 aromatic rings. The number of rotatable bonds is 1. The zero-order valence-corrected chi connectivity index (χ0v) is 7.89. The standard InChI is InChI=1S/C8H6N4O.ClH/c13-7-2-4-10-12-8(7)6-1-3-9-11-5-6;/h1-5,8H;1H. The third-order valence-electron chi connectivity index (χ3n) is 1.68. The van der Waals surface area contributed by atoms with E-state index in [2.05, 4.69) is 20.4 Å². The number of carbonyl (C=O) groups excluding carboxylic acids is 1. The van der Waals surface area contributed by atoms with Crippen LogP contribution in [0, 0.1) is 0 Å². The van der Waals surface area contributed by atoms with Gasteiger partial charge in [-0.05, 0) is 6.07 Å². The van der Waals surface area contributed by atoms with Gasteiger partial charge in [-0.3, -0.25) is 4.79 Å². The number of carbonyl (C=O) groups is 1. The maximum atomic E-state index is 11.3. The molecule has 0 aliphatic carbocycles. The smallest absolute Gasteiger partial charge is 0.188 e. The Morgan fingerprint density at radius 2 is 2.14 bits per heavy atom. The van der Waals surface area contributed by atoms with Crippen molar-refractivity contribution in [1.29, 1.82) is 0 Å². The van der Waals surface area contributed by atoms with Crippen LogP contribution in [0.1, 0.15) is 11.6 Å². The molecule has 0 radical (unpaired) electrons. The van der Waals surface area contributed by atoms with E-state index in [-0.39, 0.29) is 18.2 Å². The molecule has 0 aromatic carbocycles. The molecule has 2 rings (SSSR count). The highest BCUT2D eigenvalue weighted by molar-refractivity contribution is 5.95. The van der Waals surface area contributed by atoms with E-state index in [9.17, 15) is 4.79 Å². The van der Waals surface area contributed by atoms with E-state index < -0.39 is 6.04 Å². The summed E-state index contributed by atoms with van der Waals surface area (Å²) >= 11 is 0. The van der Waals surface area contributed by atoms with Crippen molar-refractivity contribution in [1.82, 2.24) is 10.2 Å². The second-order valence-electron chi connectivity index (χ2n) is 2.53. The predicted octanol–water partition coefficient (Wildman–Crippen LogP) is 1.49. The number of aromatic nitrogens is 2. The fourth-order valence-electron chi connectivity index (χ4n) is 1.05. The van der Waals surface area contributed by atoms with Crippen LogP contribution < -0.4 is 0 Å². The minimum Gasteiger partial charge on any atom is -0.292 e. The highest BCUT2D eigenvalue weighted by atomic mass is 35.5. The Labute approximate surface area is 86.4 Å². The lowest BCUT2D eigenvalue weighted by atomic mass is 10.1. The molecule has 6 heteroatoms. The topological polar surface area (TPSA) is 67.6 Å². The second kappa shape index (κ2) is 4.57. The van der Waals surface area contributed by atoms with Crippen molar-refractivity contribution in [2.75, 3.05) is 0 Å². The van der Waals surface area contributed by atoms with E-state index in [4.69, 9.17) is 0 Å². The molecular formula is C8H7ClN4O. The minimum atomic E-state index is -0.541. The Hall–Kier alpha value is -1.62. The Kier molecular flexibility index (Phi) is 3.41. The van der Waals surface area contributed by atoms with Gasteiger partial charge >= 0.3 is 0 Å². The van der Waals surface area contributed by atoms with Gasteiger partial charge in [0.05, 0.1) is 12.4 Å². The number of nitrogens with zero attached hydrogens (tertiary/aromatic N) is 4. The summed E-state index contributed by atoms with van der Waals surface area (Å²) in [5.74, 6) is -0.0806. The van der Waals surface area contributed by atoms with E-state index in [1.807, 2.05) is 0 Å². The van der Waals surface area contributed by atoms with E-state index in [1.54, 1.807) is 6.07 Å². The van der Waals surface area contributed by atoms with Crippen molar-refractivity contribution in [3.05, 3.63) is 36.3 Å². The fraction of sp³-hybridized carbons (Fsp3) is 0.125. The highest BCUT2D eigenvalue weighted by Crippen LogP contribution is 2.20. The Bertz CT molecular complexity index is 376. The van der Waals surface area contributed by atoms with Crippen LogP contribution in [0.15, 0.2) is 41.0 Å². The van der Waals surface area contributed by atoms with E-state index in [1.165, 1.54) is 24.7 Å². The van der Waals surface area contributed by atoms with Crippen LogP contribution in [-0.4, -0.2) is 16.0 Å². The molecule has 0 saturated carbocycles. The van der Waals surface area contributed by atoms with Gasteiger partial charge < -0.3 is 0 Å². The first-order valence-electron chi connectivity index (χ1n) is 3.75. The lowest BCUT2D eigenvalue weighted by Crippen LogP contribution is -2.09. The van der Waals surface area contributed by atoms with Crippen LogP contribution in [0.5, 0.6) is 0 Å². The largest absolute Gasteiger partial charge is 0.292 e. The predicted molar refractivity (Wildman–Crippen MR) is 51.0 cm³/mol. The molecule has 2 heterocycles. The first-order chi connectivity index (χ1) is 6.38. The zero-order valence-electron chi connectivity index (χ0n) is 7.07. The Morgan fingerprint density at radius 1 is 1.29 bits per heavy atom. The van der Waals surface area contributed by atoms with Crippen molar-refractivity contribution in [2.24, 2.45) is 10.2 Å². The summed E-state index contributed by atoms with van der Waals surface area (Å²) in [6.45, 7) is 0. The molecule has 1 aliphatic heterocycles. The molecule has 1 unspecified atom stereocenters. The lowest BCUT2D eigenvalue weighted by molar-refractivity contribution is -0.116. The van der Waals surface area contributed by atoms with Crippen LogP contribution >= 0.6 is 12.4 Å². The third kappa shape index (κ3) is 2.00. The number of azo groups is 1. The SMILES string of the molecule is Cl.O=C1C=CN=NC1c1ccnnc1. The van der Waals surface area contributed by atoms with Gasteiger partial charge in [0.2, 0.25) is 0 Å². The third-order valence-corrected chi connectivity index (χ3v) is 1.68. The first-order valence-corrected chi connectivity index (χ1v) is 3.75. The number of hydrogen-bond acceptors (Lipinski definition) is 5. The van der Waals surface area contributed by atoms with Gasteiger partial charge in [-0.2, -0.15) is 20.4 Å². The second-order valence-corrected chi connectivity index (χ2v) is 2.53. The molecule has 1 aliphatic rings. The van der Waals surface area contributed by atoms with Gasteiger partial charge in [0.25, 0.3) is 0 Å². The van der Waals surface area contributed by atoms with Crippen LogP contribution in [0.2, 0.25) is 0 Å². The van der Waals surface area contributed by atoms with Crippen molar-refractivity contribution >= 4 is 18.2 Å². The number of halogens is 1. The molecule has 0 N–H and O–H groups in total. The molecule has 1 atom stereocenters. The molecule has 0 amide bonds. The van der Waals surface area contributed by atoms with E-state index >= 15 is 0 Å². The molecule has 1 aromatic heterocycles. The zero-order chi connectivity index (χ0) is 9.10. The summed E-state index contributed by atoms with van der Waals surface area (Å²) in [6.07, 6.45) is 5.82. The molecule has 0 fully saturated rings. The maximum absolute atomic E-state index is 11.3. The maximum Gasteiger partial charge on any atom is 0.188 e. The summed E-state index contributed by atoms with van der Waals surface area (Å²) < 4.78 is 0. The molecule has 14 heavy (non-hydrogen) atoms. The first kappa shape index (κ1) is 10.5. The Balaban J connectivity index is 0.000000980. The van der Waals surface area contributed by atoms with Gasteiger partial charge in [0.1, 0.15) is 0 Å². The van der Waals surface area contributed by atoms with Gasteiger partial charge in [-0.15, -0.1) is 12.4 Å². The van der Waals surface area contributed by atoms with Crippen LogP contribution in [0.25, 0.3) is 0 Å². The summed E-state index contributed by atoms with van der Waals surface area (Å²) in [4.78, 5) is 11.3. The monoisotopic (exact) mass is 210 g/mol. The average Bonchev–Trinajstić information content (AvgIpc) is 2.20. The van der Waals surface area contributed by atoms with Gasteiger partial charge in [-0.1, -0.05) is 0 Å². The molecule has 0 saturated heterocycles. The summed E-state index contributed by atoms with van der Waals surface area (Å²) in [7, 11) is 0. The van der Waals surface area contributed by atoms with Gasteiger partial charge in [0, 0.05) is 17.8 Å². The van der Waals surface area contributed by atoms with Crippen LogP contribution in [-0.2, 0) is 4.79 Å². The number of hydrogen-bond donors (Lipinski definition) is 0. The lowest BCUT2D eigenvalue weighted by Gasteiger charge is -2.08. The van der Waals surface area contributed by atoms with Crippen molar-refractivity contribution < 1.29 is 4.79 Å². The quantitative estimate of drug-likeness (QED) is 0.705. The fourth-order valence-corrected chi connectivity index (χ4v) is 1.05. The van der Waals surface area contributed by atoms with Crippen molar-refractivity contribution in [3.8, 4) is 0 Å². The molecule has 0 bridgehead atoms. The van der Waals surface area contributed by atoms with Crippen molar-refractivity contribution in [3.63, 3.8) is 0 Å². The Morgan fingerprint density at radius 3 is 2.79 bits per heavy atom. The van der Waals surface area contributed by atoms with Crippen LogP contribution in [0.3, 0.4) is 0 Å².